The lowest BCUT2D eigenvalue weighted by molar-refractivity contribution is 0.0686. The van der Waals surface area contributed by atoms with Crippen LogP contribution in [0.25, 0.3) is 11.1 Å². The van der Waals surface area contributed by atoms with E-state index in [4.69, 9.17) is 18.9 Å². The highest BCUT2D eigenvalue weighted by atomic mass is 16.5. The average Bonchev–Trinajstić information content (AvgIpc) is 3.71. The molecule has 73 heavy (non-hydrogen) atoms. The summed E-state index contributed by atoms with van der Waals surface area (Å²) < 4.78 is 26.3. The van der Waals surface area contributed by atoms with Gasteiger partial charge in [-0.25, -0.2) is 19.2 Å². The number of aromatic carboxylic acids is 4. The minimum absolute atomic E-state index is 0.193. The van der Waals surface area contributed by atoms with Gasteiger partial charge >= 0.3 is 23.9 Å². The van der Waals surface area contributed by atoms with Crippen molar-refractivity contribution in [2.24, 2.45) is 0 Å². The van der Waals surface area contributed by atoms with Crippen LogP contribution in [0.5, 0.6) is 23.0 Å². The van der Waals surface area contributed by atoms with E-state index < -0.39 is 29.3 Å². The molecule has 0 atom stereocenters. The van der Waals surface area contributed by atoms with Gasteiger partial charge in [-0.05, 0) is 128 Å². The van der Waals surface area contributed by atoms with E-state index in [0.717, 1.165) is 55.6 Å². The molecule has 0 saturated carbocycles. The molecule has 0 aromatic heterocycles. The van der Waals surface area contributed by atoms with Crippen molar-refractivity contribution in [2.75, 3.05) is 26.4 Å². The van der Waals surface area contributed by atoms with Gasteiger partial charge in [-0.3, -0.25) is 0 Å². The Labute approximate surface area is 421 Å². The van der Waals surface area contributed by atoms with Crippen molar-refractivity contribution in [2.45, 2.75) is 31.1 Å². The first-order valence-corrected chi connectivity index (χ1v) is 23.8. The zero-order valence-corrected chi connectivity index (χ0v) is 39.5. The van der Waals surface area contributed by atoms with E-state index in [1.807, 2.05) is 48.5 Å². The second-order valence-corrected chi connectivity index (χ2v) is 17.6. The minimum atomic E-state index is -1.00. The highest BCUT2D eigenvalue weighted by molar-refractivity contribution is 5.89. The van der Waals surface area contributed by atoms with Crippen LogP contribution in [-0.2, 0) is 31.1 Å². The maximum atomic E-state index is 11.6. The Kier molecular flexibility index (Phi) is 14.6. The second kappa shape index (κ2) is 21.9. The van der Waals surface area contributed by atoms with Gasteiger partial charge in [0.1, 0.15) is 0 Å². The molecular weight excluding hydrogens is 925 g/mol. The van der Waals surface area contributed by atoms with E-state index >= 15 is 0 Å². The Balaban J connectivity index is 1.10. The molecule has 0 amide bonds. The highest BCUT2D eigenvalue weighted by Crippen LogP contribution is 2.57. The molecule has 1 aliphatic rings. The highest BCUT2D eigenvalue weighted by Gasteiger charge is 2.46. The molecular formula is C61H50O12. The molecule has 0 unspecified atom stereocenters. The van der Waals surface area contributed by atoms with Crippen LogP contribution in [0, 0.1) is 0 Å². The molecule has 12 nitrogen and oxygen atoms in total. The molecule has 0 heterocycles. The number of carboxylic acids is 4. The van der Waals surface area contributed by atoms with Crippen molar-refractivity contribution in [1.29, 1.82) is 0 Å². The third-order valence-corrected chi connectivity index (χ3v) is 13.1. The molecule has 0 saturated heterocycles. The summed E-state index contributed by atoms with van der Waals surface area (Å²) in [5, 5.41) is 37.8. The van der Waals surface area contributed by atoms with E-state index in [1.54, 1.807) is 97.1 Å². The molecule has 1 aliphatic carbocycles. The van der Waals surface area contributed by atoms with Crippen LogP contribution in [0.3, 0.4) is 0 Å². The standard InChI is InChI=1S/C61H50O12/c62-57(63)43-17-9-39(10-18-43)29-33-70-53-27-25-47(37-55(53)72-35-31-41-13-21-45(22-14-41)59(66)67)61(51-7-3-1-5-49(51)50-6-2-4-8-52(50)61)48-26-28-54(71-34-30-40-11-19-44(20-12-40)58(64)65)56(38-48)73-36-32-42-15-23-46(24-16-42)60(68)69/h1-28,37-38H,29-36H2,(H,62,63)(H,64,65)(H,66,67)(H,68,69). The van der Waals surface area contributed by atoms with Crippen molar-refractivity contribution < 1.29 is 58.6 Å². The minimum Gasteiger partial charge on any atom is -0.489 e. The molecule has 0 spiro atoms. The van der Waals surface area contributed by atoms with Gasteiger partial charge in [0.25, 0.3) is 0 Å². The van der Waals surface area contributed by atoms with Crippen molar-refractivity contribution >= 4 is 23.9 Å². The van der Waals surface area contributed by atoms with E-state index in [1.165, 1.54) is 0 Å². The van der Waals surface area contributed by atoms with Crippen LogP contribution in [0.4, 0.5) is 0 Å². The van der Waals surface area contributed by atoms with Crippen LogP contribution in [0.1, 0.15) is 85.9 Å². The quantitative estimate of drug-likeness (QED) is 0.0504. The molecule has 12 heteroatoms. The predicted octanol–water partition coefficient (Wildman–Crippen LogP) is 11.3. The summed E-state index contributed by atoms with van der Waals surface area (Å²) in [6.45, 7) is 1.04. The fourth-order valence-corrected chi connectivity index (χ4v) is 9.34. The monoisotopic (exact) mass is 974 g/mol. The fourth-order valence-electron chi connectivity index (χ4n) is 9.34. The third-order valence-electron chi connectivity index (χ3n) is 13.1. The van der Waals surface area contributed by atoms with E-state index in [2.05, 4.69) is 36.4 Å². The van der Waals surface area contributed by atoms with Gasteiger partial charge in [-0.2, -0.15) is 0 Å². The molecule has 0 radical (unpaired) electrons. The average molecular weight is 975 g/mol. The third kappa shape index (κ3) is 10.8. The van der Waals surface area contributed by atoms with Gasteiger partial charge in [0, 0.05) is 25.7 Å². The van der Waals surface area contributed by atoms with Gasteiger partial charge in [-0.15, -0.1) is 0 Å². The SMILES string of the molecule is O=C(O)c1ccc(CCOc2ccc(C3(c4ccc(OCCc5ccc(C(=O)O)cc5)c(OCCc5ccc(C(=O)O)cc5)c4)c4ccccc4-c4ccccc43)cc2OCCc2ccc(C(=O)O)cc2)cc1. The molecule has 4 N–H and O–H groups in total. The Morgan fingerprint density at radius 2 is 0.603 bits per heavy atom. The molecule has 0 aliphatic heterocycles. The maximum Gasteiger partial charge on any atom is 0.335 e. The molecule has 8 aromatic rings. The summed E-state index contributed by atoms with van der Waals surface area (Å²) in [6, 6.07) is 55.4. The summed E-state index contributed by atoms with van der Waals surface area (Å²) in [6.07, 6.45) is 1.97. The largest absolute Gasteiger partial charge is 0.489 e. The van der Waals surface area contributed by atoms with Crippen LogP contribution >= 0.6 is 0 Å². The number of hydrogen-bond acceptors (Lipinski definition) is 8. The number of fused-ring (bicyclic) bond motifs is 3. The number of ether oxygens (including phenoxy) is 4. The number of benzene rings is 8. The van der Waals surface area contributed by atoms with Gasteiger partial charge in [0.05, 0.1) is 54.1 Å². The van der Waals surface area contributed by atoms with Crippen molar-refractivity contribution in [1.82, 2.24) is 0 Å². The van der Waals surface area contributed by atoms with Crippen molar-refractivity contribution in [3.63, 3.8) is 0 Å². The van der Waals surface area contributed by atoms with Gasteiger partial charge in [0.15, 0.2) is 23.0 Å². The topological polar surface area (TPSA) is 186 Å². The number of hydrogen-bond donors (Lipinski definition) is 4. The zero-order valence-electron chi connectivity index (χ0n) is 39.5. The van der Waals surface area contributed by atoms with Gasteiger partial charge in [-0.1, -0.05) is 109 Å². The Hall–Kier alpha value is -9.16. The summed E-state index contributed by atoms with van der Waals surface area (Å²) >= 11 is 0. The van der Waals surface area contributed by atoms with Gasteiger partial charge < -0.3 is 39.4 Å². The van der Waals surface area contributed by atoms with Crippen LogP contribution in [0.2, 0.25) is 0 Å². The summed E-state index contributed by atoms with van der Waals surface area (Å²) in [4.78, 5) is 46.1. The normalized spacial score (nSPS) is 12.0. The van der Waals surface area contributed by atoms with Crippen molar-refractivity contribution in [3.8, 4) is 34.1 Å². The van der Waals surface area contributed by atoms with Crippen LogP contribution in [0.15, 0.2) is 182 Å². The number of carbonyl (C=O) groups is 4. The van der Waals surface area contributed by atoms with E-state index in [-0.39, 0.29) is 48.7 Å². The smallest absolute Gasteiger partial charge is 0.335 e. The summed E-state index contributed by atoms with van der Waals surface area (Å²) in [5.41, 5.74) is 9.39. The van der Waals surface area contributed by atoms with Crippen LogP contribution < -0.4 is 18.9 Å². The lowest BCUT2D eigenvalue weighted by Crippen LogP contribution is -2.29. The lowest BCUT2D eigenvalue weighted by Gasteiger charge is -2.34. The van der Waals surface area contributed by atoms with Crippen molar-refractivity contribution in [3.05, 3.63) is 249 Å². The molecule has 0 bridgehead atoms. The van der Waals surface area contributed by atoms with Gasteiger partial charge in [0.2, 0.25) is 0 Å². The first kappa shape index (κ1) is 48.8. The summed E-state index contributed by atoms with van der Waals surface area (Å²) in [7, 11) is 0. The fraction of sp³-hybridized carbons (Fsp3) is 0.148. The predicted molar refractivity (Wildman–Crippen MR) is 274 cm³/mol. The molecule has 8 aromatic carbocycles. The van der Waals surface area contributed by atoms with E-state index in [0.29, 0.717) is 48.7 Å². The second-order valence-electron chi connectivity index (χ2n) is 17.6. The maximum absolute atomic E-state index is 11.6. The van der Waals surface area contributed by atoms with Crippen LogP contribution in [-0.4, -0.2) is 70.7 Å². The zero-order chi connectivity index (χ0) is 50.9. The summed E-state index contributed by atoms with van der Waals surface area (Å²) in [5.74, 6) is -2.02. The molecule has 366 valence electrons. The lowest BCUT2D eigenvalue weighted by atomic mass is 9.67. The molecule has 9 rings (SSSR count). The Morgan fingerprint density at radius 3 is 0.890 bits per heavy atom. The van der Waals surface area contributed by atoms with E-state index in [9.17, 15) is 39.6 Å². The first-order chi connectivity index (χ1) is 35.5. The number of rotatable bonds is 22. The molecule has 0 fully saturated rings. The Bertz CT molecular complexity index is 3070. The number of carboxylic acid groups (broad SMARTS) is 4. The first-order valence-electron chi connectivity index (χ1n) is 23.8. The Morgan fingerprint density at radius 1 is 0.329 bits per heavy atom.